The van der Waals surface area contributed by atoms with Gasteiger partial charge in [0, 0.05) is 12.2 Å². The molecule has 6 heteroatoms. The smallest absolute Gasteiger partial charge is 0.189 e. The van der Waals surface area contributed by atoms with Crippen LogP contribution < -0.4 is 5.32 Å². The molecule has 1 aromatic heterocycles. The molecule has 0 aliphatic heterocycles. The molecular weight excluding hydrogens is 286 g/mol. The van der Waals surface area contributed by atoms with Crippen LogP contribution in [0.5, 0.6) is 0 Å². The van der Waals surface area contributed by atoms with Gasteiger partial charge in [-0.15, -0.1) is 0 Å². The molecule has 1 saturated carbocycles. The normalized spacial score (nSPS) is 24.7. The van der Waals surface area contributed by atoms with Crippen LogP contribution in [0.25, 0.3) is 0 Å². The van der Waals surface area contributed by atoms with Crippen molar-refractivity contribution in [1.29, 1.82) is 0 Å². The van der Waals surface area contributed by atoms with Crippen molar-refractivity contribution in [2.24, 2.45) is 0 Å². The van der Waals surface area contributed by atoms with E-state index in [1.165, 1.54) is 11.8 Å². The van der Waals surface area contributed by atoms with Gasteiger partial charge in [0.1, 0.15) is 5.82 Å². The van der Waals surface area contributed by atoms with Crippen molar-refractivity contribution in [2.75, 3.05) is 11.6 Å². The van der Waals surface area contributed by atoms with E-state index in [-0.39, 0.29) is 6.04 Å². The molecule has 0 bridgehead atoms. The first-order valence-corrected chi connectivity index (χ1v) is 8.62. The van der Waals surface area contributed by atoms with E-state index in [2.05, 4.69) is 15.3 Å². The van der Waals surface area contributed by atoms with Crippen molar-refractivity contribution < 1.29 is 9.90 Å². The van der Waals surface area contributed by atoms with Gasteiger partial charge < -0.3 is 10.4 Å². The molecule has 21 heavy (non-hydrogen) atoms. The van der Waals surface area contributed by atoms with Gasteiger partial charge in [-0.2, -0.15) is 0 Å². The number of carbonyl (C=O) groups excluding carboxylic acids is 1. The van der Waals surface area contributed by atoms with E-state index >= 15 is 0 Å². The van der Waals surface area contributed by atoms with Crippen LogP contribution in [0.3, 0.4) is 0 Å². The number of aromatic nitrogens is 2. The second-order valence-electron chi connectivity index (χ2n) is 5.19. The Bertz CT molecular complexity index is 456. The summed E-state index contributed by atoms with van der Waals surface area (Å²) in [7, 11) is 0. The van der Waals surface area contributed by atoms with Crippen LogP contribution in [-0.4, -0.2) is 39.3 Å². The summed E-state index contributed by atoms with van der Waals surface area (Å²) in [6.45, 7) is 5.87. The molecule has 1 aromatic rings. The summed E-state index contributed by atoms with van der Waals surface area (Å²) in [6, 6.07) is 0.253. The van der Waals surface area contributed by atoms with Gasteiger partial charge in [0.05, 0.1) is 11.2 Å². The van der Waals surface area contributed by atoms with Crippen molar-refractivity contribution in [3.8, 4) is 0 Å². The number of nitrogens with one attached hydrogen (secondary N) is 1. The highest BCUT2D eigenvalue weighted by atomic mass is 32.2. The Labute approximate surface area is 131 Å². The molecule has 5 nitrogen and oxygen atoms in total. The van der Waals surface area contributed by atoms with E-state index in [1.54, 1.807) is 6.20 Å². The third kappa shape index (κ3) is 5.28. The first-order chi connectivity index (χ1) is 10.0. The van der Waals surface area contributed by atoms with Crippen molar-refractivity contribution in [3.05, 3.63) is 11.8 Å². The molecule has 0 aromatic carbocycles. The molecule has 0 unspecified atom stereocenters. The van der Waals surface area contributed by atoms with Crippen LogP contribution in [0.4, 0.5) is 5.82 Å². The van der Waals surface area contributed by atoms with Crippen LogP contribution in [0.2, 0.25) is 0 Å². The second kappa shape index (κ2) is 8.34. The zero-order chi connectivity index (χ0) is 15.9. The Hall–Kier alpha value is -1.14. The molecule has 1 heterocycles. The fraction of sp³-hybridized carbons (Fsp3) is 0.667. The summed E-state index contributed by atoms with van der Waals surface area (Å²) < 4.78 is 0. The summed E-state index contributed by atoms with van der Waals surface area (Å²) in [5, 5.41) is 13.9. The van der Waals surface area contributed by atoms with E-state index < -0.39 is 5.60 Å². The molecule has 1 fully saturated rings. The Morgan fingerprint density at radius 1 is 1.43 bits per heavy atom. The standard InChI is InChI=1S/C13H19N3O2S.C2H6/c1-13(18)5-3-10(4-6-13)15-11-9(8-17)7-14-12(16-11)19-2;1-2/h7-8,10,18H,3-6H2,1-2H3,(H,14,15,16);1-2H3. The molecule has 2 rings (SSSR count). The molecule has 1 aliphatic rings. The molecule has 118 valence electrons. The average molecular weight is 311 g/mol. The summed E-state index contributed by atoms with van der Waals surface area (Å²) in [5.41, 5.74) is -0.0722. The summed E-state index contributed by atoms with van der Waals surface area (Å²) in [6.07, 6.45) is 7.51. The lowest BCUT2D eigenvalue weighted by atomic mass is 9.83. The maximum atomic E-state index is 11.0. The lowest BCUT2D eigenvalue weighted by Gasteiger charge is -2.33. The zero-order valence-corrected chi connectivity index (χ0v) is 14.0. The topological polar surface area (TPSA) is 75.1 Å². The SMILES string of the molecule is CC.CSc1ncc(C=O)c(NC2CCC(C)(O)CC2)n1. The van der Waals surface area contributed by atoms with Gasteiger partial charge in [-0.1, -0.05) is 25.6 Å². The van der Waals surface area contributed by atoms with Crippen LogP contribution in [0.1, 0.15) is 56.8 Å². The van der Waals surface area contributed by atoms with Crippen molar-refractivity contribution in [2.45, 2.75) is 63.3 Å². The number of anilines is 1. The quantitative estimate of drug-likeness (QED) is 0.505. The average Bonchev–Trinajstić information content (AvgIpc) is 2.51. The molecule has 1 aliphatic carbocycles. The summed E-state index contributed by atoms with van der Waals surface area (Å²) in [5.74, 6) is 0.598. The minimum Gasteiger partial charge on any atom is -0.390 e. The number of aliphatic hydroxyl groups is 1. The highest BCUT2D eigenvalue weighted by Crippen LogP contribution is 2.29. The van der Waals surface area contributed by atoms with E-state index in [4.69, 9.17) is 0 Å². The van der Waals surface area contributed by atoms with E-state index in [0.29, 0.717) is 16.5 Å². The van der Waals surface area contributed by atoms with Gasteiger partial charge >= 0.3 is 0 Å². The van der Waals surface area contributed by atoms with Gasteiger partial charge in [-0.3, -0.25) is 4.79 Å². The Balaban J connectivity index is 0.00000106. The molecule has 0 amide bonds. The largest absolute Gasteiger partial charge is 0.390 e. The molecule has 2 N–H and O–H groups in total. The monoisotopic (exact) mass is 311 g/mol. The summed E-state index contributed by atoms with van der Waals surface area (Å²) in [4.78, 5) is 19.4. The number of hydrogen-bond acceptors (Lipinski definition) is 6. The summed E-state index contributed by atoms with van der Waals surface area (Å²) >= 11 is 1.45. The van der Waals surface area contributed by atoms with Gasteiger partial charge in [-0.05, 0) is 38.9 Å². The van der Waals surface area contributed by atoms with Gasteiger partial charge in [0.25, 0.3) is 0 Å². The van der Waals surface area contributed by atoms with E-state index in [0.717, 1.165) is 32.0 Å². The predicted molar refractivity (Wildman–Crippen MR) is 87.1 cm³/mol. The minimum absolute atomic E-state index is 0.253. The van der Waals surface area contributed by atoms with Crippen LogP contribution >= 0.6 is 11.8 Å². The second-order valence-corrected chi connectivity index (χ2v) is 5.97. The predicted octanol–water partition coefficient (Wildman–Crippen LogP) is 3.14. The van der Waals surface area contributed by atoms with E-state index in [1.807, 2.05) is 27.0 Å². The minimum atomic E-state index is -0.554. The highest BCUT2D eigenvalue weighted by molar-refractivity contribution is 7.98. The van der Waals surface area contributed by atoms with Gasteiger partial charge in [0.2, 0.25) is 0 Å². The number of nitrogens with zero attached hydrogens (tertiary/aromatic N) is 2. The maximum Gasteiger partial charge on any atom is 0.189 e. The third-order valence-corrected chi connectivity index (χ3v) is 4.07. The Kier molecular flexibility index (Phi) is 7.11. The van der Waals surface area contributed by atoms with Gasteiger partial charge in [-0.25, -0.2) is 9.97 Å². The maximum absolute atomic E-state index is 11.0. The zero-order valence-electron chi connectivity index (χ0n) is 13.2. The lowest BCUT2D eigenvalue weighted by molar-refractivity contribution is 0.0196. The Morgan fingerprint density at radius 2 is 2.05 bits per heavy atom. The molecule has 0 spiro atoms. The van der Waals surface area contributed by atoms with Crippen LogP contribution in [-0.2, 0) is 0 Å². The first kappa shape index (κ1) is 17.9. The highest BCUT2D eigenvalue weighted by Gasteiger charge is 2.29. The lowest BCUT2D eigenvalue weighted by Crippen LogP contribution is -2.36. The number of thioether (sulfide) groups is 1. The molecular formula is C15H25N3O2S. The van der Waals surface area contributed by atoms with Crippen LogP contribution in [0, 0.1) is 0 Å². The number of aldehydes is 1. The Morgan fingerprint density at radius 3 is 2.57 bits per heavy atom. The molecule has 0 atom stereocenters. The number of carbonyl (C=O) groups is 1. The van der Waals surface area contributed by atoms with Crippen molar-refractivity contribution in [1.82, 2.24) is 9.97 Å². The molecule has 0 saturated heterocycles. The third-order valence-electron chi connectivity index (χ3n) is 3.51. The first-order valence-electron chi connectivity index (χ1n) is 7.39. The number of hydrogen-bond donors (Lipinski definition) is 2. The van der Waals surface area contributed by atoms with Crippen molar-refractivity contribution >= 4 is 23.9 Å². The van der Waals surface area contributed by atoms with Crippen LogP contribution in [0.15, 0.2) is 11.4 Å². The number of rotatable bonds is 4. The van der Waals surface area contributed by atoms with Gasteiger partial charge in [0.15, 0.2) is 11.4 Å². The van der Waals surface area contributed by atoms with Crippen molar-refractivity contribution in [3.63, 3.8) is 0 Å². The van der Waals surface area contributed by atoms with E-state index in [9.17, 15) is 9.90 Å². The fourth-order valence-corrected chi connectivity index (χ4v) is 2.59. The molecule has 0 radical (unpaired) electrons. The fourth-order valence-electron chi connectivity index (χ4n) is 2.25.